The molecule has 0 aromatic rings. The van der Waals surface area contributed by atoms with Crippen LogP contribution in [0.4, 0.5) is 0 Å². The molecule has 2 unspecified atom stereocenters. The lowest BCUT2D eigenvalue weighted by molar-refractivity contribution is -0.150. The van der Waals surface area contributed by atoms with Gasteiger partial charge in [-0.3, -0.25) is 4.79 Å². The molecule has 0 rings (SSSR count). The van der Waals surface area contributed by atoms with Gasteiger partial charge in [0.1, 0.15) is 11.9 Å². The first kappa shape index (κ1) is 40.1. The molecule has 4 heteroatoms. The molecule has 0 aromatic heterocycles. The number of carbonyl (C=O) groups excluding carboxylic acids is 2. The minimum Gasteiger partial charge on any atom is -0.462 e. The number of Topliss-reactive ketones (excluding diaryl/α,β-unsaturated/α-hetero) is 1. The Kier molecular flexibility index (Phi) is 31.3. The van der Waals surface area contributed by atoms with Crippen molar-refractivity contribution in [1.82, 2.24) is 0 Å². The standard InChI is InChI=1S/C37H72O4/c1-4-6-8-23-29-35(39)30-24-19-15-11-13-17-21-27-33-37(40)41-36(31-25-9-7-5-2)32-26-20-16-12-10-14-18-22-28-34(3)38/h35-36,39H,4-33H2,1-3H3. The molecule has 0 fully saturated rings. The van der Waals surface area contributed by atoms with Gasteiger partial charge in [0.15, 0.2) is 0 Å². The van der Waals surface area contributed by atoms with E-state index in [1.165, 1.54) is 122 Å². The Balaban J connectivity index is 3.82. The maximum atomic E-state index is 12.5. The molecule has 0 aliphatic heterocycles. The van der Waals surface area contributed by atoms with Gasteiger partial charge < -0.3 is 14.6 Å². The van der Waals surface area contributed by atoms with Crippen LogP contribution in [-0.4, -0.2) is 29.1 Å². The molecule has 244 valence electrons. The van der Waals surface area contributed by atoms with Crippen LogP contribution in [0.25, 0.3) is 0 Å². The predicted molar refractivity (Wildman–Crippen MR) is 176 cm³/mol. The molecule has 0 heterocycles. The zero-order chi connectivity index (χ0) is 30.2. The number of aliphatic hydroxyl groups is 1. The van der Waals surface area contributed by atoms with Crippen LogP contribution in [0.15, 0.2) is 0 Å². The van der Waals surface area contributed by atoms with E-state index in [1.807, 2.05) is 0 Å². The lowest BCUT2D eigenvalue weighted by Crippen LogP contribution is -2.18. The molecule has 2 atom stereocenters. The van der Waals surface area contributed by atoms with Gasteiger partial charge in [0.25, 0.3) is 0 Å². The summed E-state index contributed by atoms with van der Waals surface area (Å²) in [5.41, 5.74) is 0. The number of hydrogen-bond donors (Lipinski definition) is 1. The van der Waals surface area contributed by atoms with E-state index in [2.05, 4.69) is 13.8 Å². The van der Waals surface area contributed by atoms with Crippen molar-refractivity contribution in [3.63, 3.8) is 0 Å². The minimum atomic E-state index is -0.0897. The van der Waals surface area contributed by atoms with Crippen molar-refractivity contribution in [3.05, 3.63) is 0 Å². The molecular formula is C37H72O4. The smallest absolute Gasteiger partial charge is 0.306 e. The average Bonchev–Trinajstić information content (AvgIpc) is 2.95. The van der Waals surface area contributed by atoms with E-state index in [0.29, 0.717) is 12.2 Å². The fourth-order valence-electron chi connectivity index (χ4n) is 5.77. The second-order valence-corrected chi connectivity index (χ2v) is 12.9. The normalized spacial score (nSPS) is 12.9. The molecular weight excluding hydrogens is 508 g/mol. The van der Waals surface area contributed by atoms with E-state index in [4.69, 9.17) is 4.74 Å². The summed E-state index contributed by atoms with van der Waals surface area (Å²) in [4.78, 5) is 23.5. The average molecular weight is 581 g/mol. The third kappa shape index (κ3) is 31.9. The van der Waals surface area contributed by atoms with Crippen LogP contribution in [-0.2, 0) is 14.3 Å². The Morgan fingerprint density at radius 2 is 0.829 bits per heavy atom. The lowest BCUT2D eigenvalue weighted by Gasteiger charge is -2.18. The second-order valence-electron chi connectivity index (χ2n) is 12.9. The van der Waals surface area contributed by atoms with Crippen LogP contribution in [0.2, 0.25) is 0 Å². The summed E-state index contributed by atoms with van der Waals surface area (Å²) < 4.78 is 5.96. The van der Waals surface area contributed by atoms with E-state index >= 15 is 0 Å². The van der Waals surface area contributed by atoms with Crippen molar-refractivity contribution < 1.29 is 19.4 Å². The molecule has 4 nitrogen and oxygen atoms in total. The highest BCUT2D eigenvalue weighted by molar-refractivity contribution is 5.75. The van der Waals surface area contributed by atoms with Crippen LogP contribution in [0.5, 0.6) is 0 Å². The summed E-state index contributed by atoms with van der Waals surface area (Å²) in [6.45, 7) is 6.15. The number of hydrogen-bond acceptors (Lipinski definition) is 4. The summed E-state index contributed by atoms with van der Waals surface area (Å²) in [6, 6.07) is 0. The third-order valence-electron chi connectivity index (χ3n) is 8.54. The van der Waals surface area contributed by atoms with E-state index in [9.17, 15) is 14.7 Å². The number of aliphatic hydroxyl groups excluding tert-OH is 1. The Morgan fingerprint density at radius 1 is 0.488 bits per heavy atom. The Bertz CT molecular complexity index is 561. The van der Waals surface area contributed by atoms with Crippen molar-refractivity contribution in [2.75, 3.05) is 0 Å². The number of ketones is 1. The third-order valence-corrected chi connectivity index (χ3v) is 8.54. The van der Waals surface area contributed by atoms with Gasteiger partial charge >= 0.3 is 5.97 Å². The quantitative estimate of drug-likeness (QED) is 0.0619. The Morgan fingerprint density at radius 3 is 1.24 bits per heavy atom. The van der Waals surface area contributed by atoms with Gasteiger partial charge in [-0.1, -0.05) is 142 Å². The van der Waals surface area contributed by atoms with E-state index < -0.39 is 0 Å². The van der Waals surface area contributed by atoms with Crippen LogP contribution < -0.4 is 0 Å². The molecule has 0 saturated heterocycles. The summed E-state index contributed by atoms with van der Waals surface area (Å²) in [6.07, 6.45) is 34.4. The van der Waals surface area contributed by atoms with Crippen molar-refractivity contribution >= 4 is 11.8 Å². The molecule has 0 spiro atoms. The van der Waals surface area contributed by atoms with Gasteiger partial charge in [0.2, 0.25) is 0 Å². The molecule has 1 N–H and O–H groups in total. The zero-order valence-corrected chi connectivity index (χ0v) is 28.0. The van der Waals surface area contributed by atoms with Gasteiger partial charge in [-0.15, -0.1) is 0 Å². The molecule has 0 amide bonds. The van der Waals surface area contributed by atoms with Crippen molar-refractivity contribution in [2.24, 2.45) is 0 Å². The van der Waals surface area contributed by atoms with Gasteiger partial charge in [-0.25, -0.2) is 0 Å². The molecule has 0 radical (unpaired) electrons. The van der Waals surface area contributed by atoms with Gasteiger partial charge in [-0.2, -0.15) is 0 Å². The summed E-state index contributed by atoms with van der Waals surface area (Å²) >= 11 is 0. The van der Waals surface area contributed by atoms with E-state index in [-0.39, 0.29) is 18.2 Å². The van der Waals surface area contributed by atoms with Crippen LogP contribution >= 0.6 is 0 Å². The second kappa shape index (κ2) is 32.0. The Labute approximate surface area is 256 Å². The van der Waals surface area contributed by atoms with Gasteiger partial charge in [0.05, 0.1) is 6.10 Å². The maximum absolute atomic E-state index is 12.5. The number of ether oxygens (including phenoxy) is 1. The first-order valence-corrected chi connectivity index (χ1v) is 18.4. The van der Waals surface area contributed by atoms with Crippen molar-refractivity contribution in [2.45, 2.75) is 226 Å². The summed E-state index contributed by atoms with van der Waals surface area (Å²) in [5, 5.41) is 10.1. The van der Waals surface area contributed by atoms with Crippen LogP contribution in [0.1, 0.15) is 213 Å². The van der Waals surface area contributed by atoms with Crippen molar-refractivity contribution in [1.29, 1.82) is 0 Å². The maximum Gasteiger partial charge on any atom is 0.306 e. The van der Waals surface area contributed by atoms with E-state index in [0.717, 1.165) is 64.2 Å². The molecule has 0 saturated carbocycles. The highest BCUT2D eigenvalue weighted by atomic mass is 16.5. The number of unbranched alkanes of at least 4 members (excludes halogenated alkanes) is 20. The number of rotatable bonds is 33. The topological polar surface area (TPSA) is 63.6 Å². The highest BCUT2D eigenvalue weighted by Gasteiger charge is 2.14. The monoisotopic (exact) mass is 581 g/mol. The molecule has 0 bridgehead atoms. The fourth-order valence-corrected chi connectivity index (χ4v) is 5.77. The molecule has 0 aliphatic carbocycles. The summed E-state index contributed by atoms with van der Waals surface area (Å²) in [7, 11) is 0. The van der Waals surface area contributed by atoms with Gasteiger partial charge in [-0.05, 0) is 58.3 Å². The molecule has 0 aliphatic rings. The van der Waals surface area contributed by atoms with E-state index in [1.54, 1.807) is 6.92 Å². The summed E-state index contributed by atoms with van der Waals surface area (Å²) in [5.74, 6) is 0.331. The van der Waals surface area contributed by atoms with Crippen LogP contribution in [0, 0.1) is 0 Å². The number of esters is 1. The minimum absolute atomic E-state index is 0.0179. The first-order chi connectivity index (χ1) is 20.0. The highest BCUT2D eigenvalue weighted by Crippen LogP contribution is 2.19. The fraction of sp³-hybridized carbons (Fsp3) is 0.946. The SMILES string of the molecule is CCCCCCC(O)CCCCCCCCCCC(=O)OC(CCCCCC)CCCCCCCCCCC(C)=O. The molecule has 41 heavy (non-hydrogen) atoms. The van der Waals surface area contributed by atoms with Gasteiger partial charge in [0, 0.05) is 12.8 Å². The van der Waals surface area contributed by atoms with Crippen LogP contribution in [0.3, 0.4) is 0 Å². The molecule has 0 aromatic carbocycles. The lowest BCUT2D eigenvalue weighted by atomic mass is 10.0. The number of carbonyl (C=O) groups is 2. The first-order valence-electron chi connectivity index (χ1n) is 18.4. The Hall–Kier alpha value is -0.900. The zero-order valence-electron chi connectivity index (χ0n) is 28.0. The van der Waals surface area contributed by atoms with Crippen molar-refractivity contribution in [3.8, 4) is 0 Å². The predicted octanol–water partition coefficient (Wildman–Crippen LogP) is 11.6. The largest absolute Gasteiger partial charge is 0.462 e.